The number of carbonyl (C=O) groups excluding carboxylic acids is 1. The van der Waals surface area contributed by atoms with Gasteiger partial charge in [0.1, 0.15) is 5.78 Å². The number of rotatable bonds is 7. The van der Waals surface area contributed by atoms with Crippen LogP contribution >= 0.6 is 11.6 Å². The highest BCUT2D eigenvalue weighted by Gasteiger charge is 2.17. The molecule has 0 aromatic heterocycles. The lowest BCUT2D eigenvalue weighted by Crippen LogP contribution is -2.13. The van der Waals surface area contributed by atoms with Crippen LogP contribution in [0.25, 0.3) is 0 Å². The highest BCUT2D eigenvalue weighted by molar-refractivity contribution is 6.18. The first-order valence-corrected chi connectivity index (χ1v) is 6.38. The zero-order chi connectivity index (χ0) is 13.5. The molecule has 98 valence electrons. The van der Waals surface area contributed by atoms with Crippen molar-refractivity contribution in [2.45, 2.75) is 26.2 Å². The van der Waals surface area contributed by atoms with Crippen LogP contribution in [0.4, 0.5) is 5.69 Å². The van der Waals surface area contributed by atoms with Gasteiger partial charge < -0.3 is 0 Å². The molecule has 0 fully saturated rings. The fourth-order valence-electron chi connectivity index (χ4n) is 1.91. The third kappa shape index (κ3) is 4.11. The maximum absolute atomic E-state index is 11.4. The Bertz CT molecular complexity index is 434. The molecule has 0 spiro atoms. The Morgan fingerprint density at radius 2 is 2.06 bits per heavy atom. The summed E-state index contributed by atoms with van der Waals surface area (Å²) in [6.45, 7) is 1.54. The van der Waals surface area contributed by atoms with Gasteiger partial charge in [-0.15, -0.1) is 11.6 Å². The number of hydrogen-bond acceptors (Lipinski definition) is 3. The van der Waals surface area contributed by atoms with Crippen molar-refractivity contribution in [3.63, 3.8) is 0 Å². The number of nitro benzene ring substituents is 1. The fourth-order valence-corrected chi connectivity index (χ4v) is 2.18. The molecule has 0 bridgehead atoms. The molecular weight excluding hydrogens is 254 g/mol. The van der Waals surface area contributed by atoms with E-state index in [1.807, 2.05) is 0 Å². The Morgan fingerprint density at radius 3 is 2.61 bits per heavy atom. The number of benzene rings is 1. The molecule has 0 heterocycles. The predicted octanol–water partition coefficient (Wildman–Crippen LogP) is 3.36. The first-order chi connectivity index (χ1) is 8.56. The van der Waals surface area contributed by atoms with Crippen molar-refractivity contribution in [3.8, 4) is 0 Å². The second-order valence-electron chi connectivity index (χ2n) is 4.21. The number of aryl methyl sites for hydroxylation is 1. The first-order valence-electron chi connectivity index (χ1n) is 5.85. The molecule has 0 aliphatic rings. The van der Waals surface area contributed by atoms with Crippen LogP contribution in [0.1, 0.15) is 25.3 Å². The number of halogens is 1. The van der Waals surface area contributed by atoms with Crippen LogP contribution in [0.3, 0.4) is 0 Å². The minimum Gasteiger partial charge on any atom is -0.300 e. The van der Waals surface area contributed by atoms with Crippen LogP contribution in [0.5, 0.6) is 0 Å². The molecule has 1 unspecified atom stereocenters. The van der Waals surface area contributed by atoms with E-state index < -0.39 is 0 Å². The minimum absolute atomic E-state index is 0.0919. The van der Waals surface area contributed by atoms with E-state index in [9.17, 15) is 14.9 Å². The Hall–Kier alpha value is -1.42. The minimum atomic E-state index is -0.389. The van der Waals surface area contributed by atoms with Gasteiger partial charge in [0.25, 0.3) is 5.69 Å². The zero-order valence-electron chi connectivity index (χ0n) is 10.3. The number of Topliss-reactive ketones (excluding diaryl/α,β-unsaturated/α-hetero) is 1. The Morgan fingerprint density at radius 1 is 1.39 bits per heavy atom. The van der Waals surface area contributed by atoms with E-state index in [0.29, 0.717) is 30.7 Å². The molecule has 5 heteroatoms. The van der Waals surface area contributed by atoms with Crippen LogP contribution in [-0.4, -0.2) is 16.6 Å². The molecule has 0 saturated carbocycles. The van der Waals surface area contributed by atoms with Crippen LogP contribution in [0.2, 0.25) is 0 Å². The number of hydrogen-bond donors (Lipinski definition) is 0. The van der Waals surface area contributed by atoms with Crippen molar-refractivity contribution in [1.29, 1.82) is 0 Å². The standard InChI is InChI=1S/C13H16ClNO3/c1-10(16)11(8-9-14)6-7-12-4-2-3-5-13(12)15(17)18/h2-5,11H,6-9H2,1H3. The summed E-state index contributed by atoms with van der Waals surface area (Å²) in [4.78, 5) is 21.8. The van der Waals surface area contributed by atoms with Crippen LogP contribution in [0.15, 0.2) is 24.3 Å². The molecule has 4 nitrogen and oxygen atoms in total. The summed E-state index contributed by atoms with van der Waals surface area (Å²) in [7, 11) is 0. The van der Waals surface area contributed by atoms with Crippen molar-refractivity contribution in [2.24, 2.45) is 5.92 Å². The van der Waals surface area contributed by atoms with E-state index in [0.717, 1.165) is 0 Å². The van der Waals surface area contributed by atoms with Crippen molar-refractivity contribution < 1.29 is 9.72 Å². The molecule has 0 saturated heterocycles. The monoisotopic (exact) mass is 269 g/mol. The molecule has 0 N–H and O–H groups in total. The maximum atomic E-state index is 11.4. The molecule has 0 aliphatic carbocycles. The SMILES string of the molecule is CC(=O)C(CCCl)CCc1ccccc1[N+](=O)[O-]. The summed E-state index contributed by atoms with van der Waals surface area (Å²) in [6.07, 6.45) is 1.75. The van der Waals surface area contributed by atoms with E-state index in [2.05, 4.69) is 0 Å². The van der Waals surface area contributed by atoms with E-state index >= 15 is 0 Å². The normalized spacial score (nSPS) is 12.1. The van der Waals surface area contributed by atoms with Gasteiger partial charge in [-0.05, 0) is 26.2 Å². The maximum Gasteiger partial charge on any atom is 0.272 e. The summed E-state index contributed by atoms with van der Waals surface area (Å²) >= 11 is 5.64. The summed E-state index contributed by atoms with van der Waals surface area (Å²) in [5, 5.41) is 10.8. The van der Waals surface area contributed by atoms with Gasteiger partial charge >= 0.3 is 0 Å². The summed E-state index contributed by atoms with van der Waals surface area (Å²) in [5.74, 6) is 0.415. The third-order valence-electron chi connectivity index (χ3n) is 2.98. The van der Waals surface area contributed by atoms with E-state index in [4.69, 9.17) is 11.6 Å². The van der Waals surface area contributed by atoms with E-state index in [1.54, 1.807) is 18.2 Å². The number of nitrogens with zero attached hydrogens (tertiary/aromatic N) is 1. The molecule has 1 atom stereocenters. The lowest BCUT2D eigenvalue weighted by Gasteiger charge is -2.11. The van der Waals surface area contributed by atoms with Gasteiger partial charge in [-0.3, -0.25) is 14.9 Å². The van der Waals surface area contributed by atoms with Crippen molar-refractivity contribution in [3.05, 3.63) is 39.9 Å². The predicted molar refractivity (Wildman–Crippen MR) is 70.9 cm³/mol. The smallest absolute Gasteiger partial charge is 0.272 e. The van der Waals surface area contributed by atoms with Crippen LogP contribution in [-0.2, 0) is 11.2 Å². The molecular formula is C13H16ClNO3. The second kappa shape index (κ2) is 7.11. The number of ketones is 1. The van der Waals surface area contributed by atoms with Gasteiger partial charge in [-0.2, -0.15) is 0 Å². The number of alkyl halides is 1. The topological polar surface area (TPSA) is 60.2 Å². The quantitative estimate of drug-likeness (QED) is 0.433. The van der Waals surface area contributed by atoms with Crippen LogP contribution < -0.4 is 0 Å². The van der Waals surface area contributed by atoms with Gasteiger partial charge in [0.05, 0.1) is 4.92 Å². The molecule has 0 radical (unpaired) electrons. The Balaban J connectivity index is 2.73. The zero-order valence-corrected chi connectivity index (χ0v) is 11.0. The molecule has 0 aliphatic heterocycles. The Kier molecular flexibility index (Phi) is 5.78. The highest BCUT2D eigenvalue weighted by atomic mass is 35.5. The second-order valence-corrected chi connectivity index (χ2v) is 4.59. The fraction of sp³-hybridized carbons (Fsp3) is 0.462. The van der Waals surface area contributed by atoms with E-state index in [1.165, 1.54) is 13.0 Å². The van der Waals surface area contributed by atoms with Crippen LogP contribution in [0, 0.1) is 16.0 Å². The summed E-state index contributed by atoms with van der Waals surface area (Å²) in [6, 6.07) is 6.63. The first kappa shape index (κ1) is 14.6. The molecule has 1 aromatic rings. The largest absolute Gasteiger partial charge is 0.300 e. The number of carbonyl (C=O) groups is 1. The highest BCUT2D eigenvalue weighted by Crippen LogP contribution is 2.22. The van der Waals surface area contributed by atoms with Crippen molar-refractivity contribution in [2.75, 3.05) is 5.88 Å². The lowest BCUT2D eigenvalue weighted by molar-refractivity contribution is -0.385. The van der Waals surface area contributed by atoms with Crippen molar-refractivity contribution >= 4 is 23.1 Å². The summed E-state index contributed by atoms with van der Waals surface area (Å²) < 4.78 is 0. The summed E-state index contributed by atoms with van der Waals surface area (Å²) in [5.41, 5.74) is 0.786. The van der Waals surface area contributed by atoms with Gasteiger partial charge in [-0.1, -0.05) is 18.2 Å². The molecule has 0 amide bonds. The van der Waals surface area contributed by atoms with Gasteiger partial charge in [0, 0.05) is 23.4 Å². The lowest BCUT2D eigenvalue weighted by atomic mass is 9.93. The van der Waals surface area contributed by atoms with Gasteiger partial charge in [0.2, 0.25) is 0 Å². The molecule has 1 rings (SSSR count). The van der Waals surface area contributed by atoms with E-state index in [-0.39, 0.29) is 22.3 Å². The van der Waals surface area contributed by atoms with Crippen molar-refractivity contribution in [1.82, 2.24) is 0 Å². The third-order valence-corrected chi connectivity index (χ3v) is 3.20. The molecule has 18 heavy (non-hydrogen) atoms. The Labute approximate surface area is 111 Å². The molecule has 1 aromatic carbocycles. The number of para-hydroxylation sites is 1. The van der Waals surface area contributed by atoms with Gasteiger partial charge in [-0.25, -0.2) is 0 Å². The average Bonchev–Trinajstić information content (AvgIpc) is 2.34. The average molecular weight is 270 g/mol. The van der Waals surface area contributed by atoms with Gasteiger partial charge in [0.15, 0.2) is 0 Å². The number of nitro groups is 1.